The van der Waals surface area contributed by atoms with Crippen molar-refractivity contribution >= 4 is 5.97 Å². The van der Waals surface area contributed by atoms with Gasteiger partial charge in [-0.25, -0.2) is 0 Å². The van der Waals surface area contributed by atoms with Crippen LogP contribution >= 0.6 is 0 Å². The van der Waals surface area contributed by atoms with E-state index in [0.717, 1.165) is 0 Å². The monoisotopic (exact) mass is 147 g/mol. The van der Waals surface area contributed by atoms with Crippen molar-refractivity contribution in [3.8, 4) is 0 Å². The van der Waals surface area contributed by atoms with Gasteiger partial charge in [0.2, 0.25) is 0 Å². The molecule has 1 atom stereocenters. The first kappa shape index (κ1) is 9.39. The molecule has 0 aromatic carbocycles. The minimum absolute atomic E-state index is 0.0500. The predicted octanol–water partition coefficient (Wildman–Crippen LogP) is -0.870. The van der Waals surface area contributed by atoms with Gasteiger partial charge in [-0.15, -0.1) is 0 Å². The summed E-state index contributed by atoms with van der Waals surface area (Å²) in [5.74, 6) is -0.312. The molecule has 0 saturated carbocycles. The summed E-state index contributed by atoms with van der Waals surface area (Å²) in [6, 6.07) is -0.188. The lowest BCUT2D eigenvalue weighted by Gasteiger charge is -2.09. The van der Waals surface area contributed by atoms with Crippen LogP contribution in [0, 0.1) is 0 Å². The van der Waals surface area contributed by atoms with Crippen molar-refractivity contribution in [1.29, 1.82) is 0 Å². The third kappa shape index (κ3) is 3.42. The highest BCUT2D eigenvalue weighted by molar-refractivity contribution is 5.69. The molecule has 0 radical (unpaired) electrons. The van der Waals surface area contributed by atoms with Crippen molar-refractivity contribution in [1.82, 2.24) is 5.32 Å². The lowest BCUT2D eigenvalue weighted by molar-refractivity contribution is -0.141. The Balaban J connectivity index is 3.52. The standard InChI is InChI=1S/C6H13NO3/c1-7-5(4-8)3-6(9)10-2/h5,7-8H,3-4H2,1-2H3. The van der Waals surface area contributed by atoms with E-state index < -0.39 is 0 Å². The average Bonchev–Trinajstić information content (AvgIpc) is 1.99. The molecule has 4 nitrogen and oxygen atoms in total. The van der Waals surface area contributed by atoms with E-state index in [1.807, 2.05) is 0 Å². The third-order valence-corrected chi connectivity index (χ3v) is 1.27. The molecule has 0 aliphatic carbocycles. The molecule has 0 amide bonds. The molecular weight excluding hydrogens is 134 g/mol. The summed E-state index contributed by atoms with van der Waals surface area (Å²) in [4.78, 5) is 10.6. The predicted molar refractivity (Wildman–Crippen MR) is 36.6 cm³/mol. The highest BCUT2D eigenvalue weighted by atomic mass is 16.5. The third-order valence-electron chi connectivity index (χ3n) is 1.27. The Morgan fingerprint density at radius 2 is 2.40 bits per heavy atom. The van der Waals surface area contributed by atoms with Gasteiger partial charge in [0.15, 0.2) is 0 Å². The summed E-state index contributed by atoms with van der Waals surface area (Å²) in [6.07, 6.45) is 0.212. The fraction of sp³-hybridized carbons (Fsp3) is 0.833. The maximum absolute atomic E-state index is 10.6. The van der Waals surface area contributed by atoms with Gasteiger partial charge in [0.25, 0.3) is 0 Å². The number of nitrogens with one attached hydrogen (secondary N) is 1. The van der Waals surface area contributed by atoms with Crippen molar-refractivity contribution < 1.29 is 14.6 Å². The number of aliphatic hydroxyl groups is 1. The number of esters is 1. The van der Waals surface area contributed by atoms with Crippen LogP contribution in [0.3, 0.4) is 0 Å². The zero-order valence-corrected chi connectivity index (χ0v) is 6.26. The van der Waals surface area contributed by atoms with E-state index >= 15 is 0 Å². The number of hydrogen-bond acceptors (Lipinski definition) is 4. The molecule has 0 rings (SSSR count). The van der Waals surface area contributed by atoms with Gasteiger partial charge in [0.1, 0.15) is 0 Å². The molecule has 1 unspecified atom stereocenters. The minimum Gasteiger partial charge on any atom is -0.469 e. The Bertz CT molecular complexity index is 101. The van der Waals surface area contributed by atoms with E-state index in [2.05, 4.69) is 10.1 Å². The highest BCUT2D eigenvalue weighted by Gasteiger charge is 2.09. The lowest BCUT2D eigenvalue weighted by atomic mass is 10.2. The van der Waals surface area contributed by atoms with E-state index in [1.165, 1.54) is 7.11 Å². The maximum atomic E-state index is 10.6. The fourth-order valence-corrected chi connectivity index (χ4v) is 0.542. The number of likely N-dealkylation sites (N-methyl/N-ethyl adjacent to an activating group) is 1. The zero-order valence-electron chi connectivity index (χ0n) is 6.26. The van der Waals surface area contributed by atoms with E-state index in [-0.39, 0.29) is 25.0 Å². The number of ether oxygens (including phenoxy) is 1. The summed E-state index contributed by atoms with van der Waals surface area (Å²) in [5.41, 5.74) is 0. The Labute approximate surface area is 60.2 Å². The molecule has 4 heteroatoms. The van der Waals surface area contributed by atoms with Gasteiger partial charge < -0.3 is 15.2 Å². The number of carbonyl (C=O) groups excluding carboxylic acids is 1. The Morgan fingerprint density at radius 3 is 2.70 bits per heavy atom. The van der Waals surface area contributed by atoms with Crippen LogP contribution in [0.15, 0.2) is 0 Å². The largest absolute Gasteiger partial charge is 0.469 e. The first-order valence-corrected chi connectivity index (χ1v) is 3.09. The Kier molecular flexibility index (Phi) is 4.88. The molecule has 0 aromatic heterocycles. The second-order valence-electron chi connectivity index (χ2n) is 1.95. The van der Waals surface area contributed by atoms with E-state index in [4.69, 9.17) is 5.11 Å². The van der Waals surface area contributed by atoms with Gasteiger partial charge in [0, 0.05) is 6.04 Å². The Morgan fingerprint density at radius 1 is 1.80 bits per heavy atom. The second kappa shape index (κ2) is 5.20. The smallest absolute Gasteiger partial charge is 0.307 e. The normalized spacial score (nSPS) is 12.7. The van der Waals surface area contributed by atoms with Gasteiger partial charge in [0.05, 0.1) is 20.1 Å². The Hall–Kier alpha value is -0.610. The second-order valence-corrected chi connectivity index (χ2v) is 1.95. The molecule has 60 valence electrons. The summed E-state index contributed by atoms with van der Waals surface area (Å²) in [7, 11) is 3.01. The van der Waals surface area contributed by atoms with Gasteiger partial charge in [-0.1, -0.05) is 0 Å². The quantitative estimate of drug-likeness (QED) is 0.507. The summed E-state index contributed by atoms with van der Waals surface area (Å²) < 4.78 is 4.39. The van der Waals surface area contributed by atoms with Crippen LogP contribution in [-0.2, 0) is 9.53 Å². The summed E-state index contributed by atoms with van der Waals surface area (Å²) in [6.45, 7) is -0.0500. The molecule has 0 aliphatic rings. The fourth-order valence-electron chi connectivity index (χ4n) is 0.542. The van der Waals surface area contributed by atoms with E-state index in [9.17, 15) is 4.79 Å². The van der Waals surface area contributed by atoms with Crippen molar-refractivity contribution in [3.05, 3.63) is 0 Å². The molecule has 10 heavy (non-hydrogen) atoms. The molecular formula is C6H13NO3. The molecule has 0 aromatic rings. The van der Waals surface area contributed by atoms with Crippen LogP contribution in [0.5, 0.6) is 0 Å². The number of hydrogen-bond donors (Lipinski definition) is 2. The molecule has 0 fully saturated rings. The number of rotatable bonds is 4. The molecule has 0 bridgehead atoms. The van der Waals surface area contributed by atoms with Crippen LogP contribution < -0.4 is 5.32 Å². The minimum atomic E-state index is -0.312. The summed E-state index contributed by atoms with van der Waals surface area (Å²) >= 11 is 0. The molecule has 0 spiro atoms. The zero-order chi connectivity index (χ0) is 7.98. The maximum Gasteiger partial charge on any atom is 0.307 e. The van der Waals surface area contributed by atoms with Crippen molar-refractivity contribution in [3.63, 3.8) is 0 Å². The van der Waals surface area contributed by atoms with Crippen LogP contribution in [0.2, 0.25) is 0 Å². The number of aliphatic hydroxyl groups excluding tert-OH is 1. The van der Waals surface area contributed by atoms with Crippen LogP contribution in [0.1, 0.15) is 6.42 Å². The number of carbonyl (C=O) groups is 1. The van der Waals surface area contributed by atoms with Gasteiger partial charge in [-0.05, 0) is 7.05 Å². The van der Waals surface area contributed by atoms with E-state index in [1.54, 1.807) is 7.05 Å². The molecule has 0 heterocycles. The van der Waals surface area contributed by atoms with Crippen molar-refractivity contribution in [2.75, 3.05) is 20.8 Å². The SMILES string of the molecule is CNC(CO)CC(=O)OC. The van der Waals surface area contributed by atoms with Gasteiger partial charge in [-0.3, -0.25) is 4.79 Å². The first-order chi connectivity index (χ1) is 4.74. The first-order valence-electron chi connectivity index (χ1n) is 3.09. The van der Waals surface area contributed by atoms with Gasteiger partial charge >= 0.3 is 5.97 Å². The van der Waals surface area contributed by atoms with Crippen molar-refractivity contribution in [2.24, 2.45) is 0 Å². The average molecular weight is 147 g/mol. The van der Waals surface area contributed by atoms with Crippen molar-refractivity contribution in [2.45, 2.75) is 12.5 Å². The lowest BCUT2D eigenvalue weighted by Crippen LogP contribution is -2.31. The van der Waals surface area contributed by atoms with Gasteiger partial charge in [-0.2, -0.15) is 0 Å². The van der Waals surface area contributed by atoms with E-state index in [0.29, 0.717) is 0 Å². The highest BCUT2D eigenvalue weighted by Crippen LogP contribution is 1.91. The molecule has 0 saturated heterocycles. The summed E-state index contributed by atoms with van der Waals surface area (Å²) in [5, 5.41) is 11.4. The molecule has 0 aliphatic heterocycles. The van der Waals surface area contributed by atoms with Crippen LogP contribution in [-0.4, -0.2) is 37.9 Å². The topological polar surface area (TPSA) is 58.6 Å². The number of methoxy groups -OCH3 is 1. The molecule has 2 N–H and O–H groups in total. The van der Waals surface area contributed by atoms with Crippen LogP contribution in [0.25, 0.3) is 0 Å². The van der Waals surface area contributed by atoms with Crippen LogP contribution in [0.4, 0.5) is 0 Å².